The number of unbranched alkanes of at least 4 members (excludes halogenated alkanes) is 1. The maximum atomic E-state index is 13.4. The zero-order valence-electron chi connectivity index (χ0n) is 16.6. The Bertz CT molecular complexity index is 982. The third kappa shape index (κ3) is 4.28. The van der Waals surface area contributed by atoms with E-state index in [-0.39, 0.29) is 23.5 Å². The molecule has 152 valence electrons. The number of carbonyl (C=O) groups excluding carboxylic acids is 1. The molecule has 3 rings (SSSR count). The Balaban J connectivity index is 1.96. The van der Waals surface area contributed by atoms with Gasteiger partial charge in [-0.25, -0.2) is 8.42 Å². The van der Waals surface area contributed by atoms with Crippen LogP contribution in [-0.4, -0.2) is 47.9 Å². The molecule has 1 unspecified atom stereocenters. The fourth-order valence-corrected chi connectivity index (χ4v) is 5.86. The van der Waals surface area contributed by atoms with Gasteiger partial charge in [-0.05, 0) is 51.0 Å². The van der Waals surface area contributed by atoms with E-state index in [2.05, 4.69) is 6.92 Å². The molecule has 0 N–H and O–H groups in total. The van der Waals surface area contributed by atoms with Gasteiger partial charge in [-0.1, -0.05) is 31.0 Å². The van der Waals surface area contributed by atoms with Crippen molar-refractivity contribution in [2.24, 2.45) is 0 Å². The molecule has 0 spiro atoms. The van der Waals surface area contributed by atoms with Gasteiger partial charge < -0.3 is 9.47 Å². The van der Waals surface area contributed by atoms with E-state index < -0.39 is 9.84 Å². The third-order valence-electron chi connectivity index (χ3n) is 5.39. The van der Waals surface area contributed by atoms with Gasteiger partial charge in [-0.2, -0.15) is 0 Å². The molecule has 1 aliphatic heterocycles. The predicted octanol–water partition coefficient (Wildman–Crippen LogP) is 4.18. The van der Waals surface area contributed by atoms with Gasteiger partial charge in [0, 0.05) is 34.7 Å². The molecule has 1 saturated heterocycles. The number of benzene rings is 1. The van der Waals surface area contributed by atoms with Crippen molar-refractivity contribution in [3.05, 3.63) is 52.3 Å². The van der Waals surface area contributed by atoms with E-state index in [0.717, 1.165) is 29.9 Å². The molecule has 7 heteroatoms. The number of hydrogen-bond acceptors (Lipinski definition) is 3. The van der Waals surface area contributed by atoms with Crippen molar-refractivity contribution in [3.8, 4) is 5.69 Å². The summed E-state index contributed by atoms with van der Waals surface area (Å²) in [6.45, 7) is 6.53. The molecular formula is C21H27ClN2O3S. The first kappa shape index (κ1) is 20.9. The van der Waals surface area contributed by atoms with E-state index in [1.54, 1.807) is 4.90 Å². The predicted molar refractivity (Wildman–Crippen MR) is 113 cm³/mol. The van der Waals surface area contributed by atoms with Crippen molar-refractivity contribution in [1.29, 1.82) is 0 Å². The number of carbonyl (C=O) groups is 1. The minimum atomic E-state index is -3.06. The molecule has 2 aromatic rings. The highest BCUT2D eigenvalue weighted by molar-refractivity contribution is 7.91. The summed E-state index contributed by atoms with van der Waals surface area (Å²) >= 11 is 6.14. The van der Waals surface area contributed by atoms with Crippen LogP contribution in [0.2, 0.25) is 5.02 Å². The molecule has 5 nitrogen and oxygen atoms in total. The molecular weight excluding hydrogens is 396 g/mol. The minimum Gasteiger partial charge on any atom is -0.335 e. The largest absolute Gasteiger partial charge is 0.335 e. The molecule has 1 aromatic heterocycles. The third-order valence-corrected chi connectivity index (χ3v) is 7.38. The summed E-state index contributed by atoms with van der Waals surface area (Å²) < 4.78 is 25.9. The second kappa shape index (κ2) is 8.29. The zero-order valence-corrected chi connectivity index (χ0v) is 18.2. The highest BCUT2D eigenvalue weighted by Crippen LogP contribution is 2.26. The van der Waals surface area contributed by atoms with Crippen molar-refractivity contribution in [2.75, 3.05) is 18.1 Å². The Labute approximate surface area is 172 Å². The normalized spacial score (nSPS) is 18.4. The average molecular weight is 423 g/mol. The van der Waals surface area contributed by atoms with Crippen LogP contribution in [0.3, 0.4) is 0 Å². The topological polar surface area (TPSA) is 59.4 Å². The number of amides is 1. The summed E-state index contributed by atoms with van der Waals surface area (Å²) in [6, 6.07) is 9.18. The van der Waals surface area contributed by atoms with Gasteiger partial charge in [0.25, 0.3) is 5.91 Å². The number of halogens is 1. The first-order valence-electron chi connectivity index (χ1n) is 9.69. The standard InChI is InChI=1S/C21H27ClN2O3S/c1-4-5-10-23(19-9-11-28(26,27)14-19)21(25)20-12-15(2)24(16(20)3)18-8-6-7-17(22)13-18/h6-8,12-13,19H,4-5,9-11,14H2,1-3H3. The monoisotopic (exact) mass is 422 g/mol. The van der Waals surface area contributed by atoms with Gasteiger partial charge in [0.1, 0.15) is 0 Å². The summed E-state index contributed by atoms with van der Waals surface area (Å²) in [4.78, 5) is 15.2. The van der Waals surface area contributed by atoms with Crippen molar-refractivity contribution in [3.63, 3.8) is 0 Å². The number of hydrogen-bond donors (Lipinski definition) is 0. The summed E-state index contributed by atoms with van der Waals surface area (Å²) in [7, 11) is -3.06. The van der Waals surface area contributed by atoms with Crippen LogP contribution in [0.5, 0.6) is 0 Å². The van der Waals surface area contributed by atoms with E-state index in [1.807, 2.05) is 48.7 Å². The number of rotatable bonds is 6. The van der Waals surface area contributed by atoms with Crippen LogP contribution in [-0.2, 0) is 9.84 Å². The van der Waals surface area contributed by atoms with Gasteiger partial charge in [0.05, 0.1) is 17.1 Å². The quantitative estimate of drug-likeness (QED) is 0.701. The van der Waals surface area contributed by atoms with Crippen molar-refractivity contribution in [1.82, 2.24) is 9.47 Å². The fourth-order valence-electron chi connectivity index (χ4n) is 3.95. The molecule has 1 aliphatic rings. The van der Waals surface area contributed by atoms with Gasteiger partial charge in [0.2, 0.25) is 0 Å². The summed E-state index contributed by atoms with van der Waals surface area (Å²) in [5.41, 5.74) is 3.31. The van der Waals surface area contributed by atoms with Crippen LogP contribution in [0.15, 0.2) is 30.3 Å². The molecule has 0 aliphatic carbocycles. The lowest BCUT2D eigenvalue weighted by molar-refractivity contribution is 0.0693. The highest BCUT2D eigenvalue weighted by atomic mass is 35.5. The SMILES string of the molecule is CCCCN(C(=O)c1cc(C)n(-c2cccc(Cl)c2)c1C)C1CCS(=O)(=O)C1. The Morgan fingerprint density at radius 1 is 1.29 bits per heavy atom. The zero-order chi connectivity index (χ0) is 20.5. The molecule has 1 aromatic carbocycles. The van der Waals surface area contributed by atoms with E-state index in [0.29, 0.717) is 23.6 Å². The molecule has 1 amide bonds. The maximum absolute atomic E-state index is 13.4. The Hall–Kier alpha value is -1.79. The van der Waals surface area contributed by atoms with Crippen molar-refractivity contribution in [2.45, 2.75) is 46.1 Å². The molecule has 1 fully saturated rings. The summed E-state index contributed by atoms with van der Waals surface area (Å²) in [5, 5.41) is 0.638. The lowest BCUT2D eigenvalue weighted by Gasteiger charge is -2.28. The molecule has 2 heterocycles. The number of aryl methyl sites for hydroxylation is 1. The minimum absolute atomic E-state index is 0.0650. The van der Waals surface area contributed by atoms with E-state index >= 15 is 0 Å². The van der Waals surface area contributed by atoms with Gasteiger partial charge in [-0.15, -0.1) is 0 Å². The Morgan fingerprint density at radius 2 is 2.04 bits per heavy atom. The lowest BCUT2D eigenvalue weighted by Crippen LogP contribution is -2.42. The molecule has 28 heavy (non-hydrogen) atoms. The second-order valence-corrected chi connectivity index (χ2v) is 10.2. The van der Waals surface area contributed by atoms with Gasteiger partial charge in [-0.3, -0.25) is 4.79 Å². The summed E-state index contributed by atoms with van der Waals surface area (Å²) in [5.74, 6) is 0.141. The second-order valence-electron chi connectivity index (χ2n) is 7.51. The van der Waals surface area contributed by atoms with Crippen molar-refractivity contribution < 1.29 is 13.2 Å². The smallest absolute Gasteiger partial charge is 0.255 e. The first-order valence-corrected chi connectivity index (χ1v) is 11.9. The van der Waals surface area contributed by atoms with Crippen LogP contribution in [0.25, 0.3) is 5.69 Å². The number of aromatic nitrogens is 1. The fraction of sp³-hybridized carbons (Fsp3) is 0.476. The Kier molecular flexibility index (Phi) is 6.20. The molecule has 0 bridgehead atoms. The molecule has 1 atom stereocenters. The van der Waals surface area contributed by atoms with Crippen molar-refractivity contribution >= 4 is 27.3 Å². The summed E-state index contributed by atoms with van der Waals surface area (Å²) in [6.07, 6.45) is 2.32. The van der Waals surface area contributed by atoms with E-state index in [1.165, 1.54) is 0 Å². The maximum Gasteiger partial charge on any atom is 0.255 e. The van der Waals surface area contributed by atoms with E-state index in [4.69, 9.17) is 11.6 Å². The van der Waals surface area contributed by atoms with Crippen LogP contribution >= 0.6 is 11.6 Å². The van der Waals surface area contributed by atoms with Crippen LogP contribution in [0.4, 0.5) is 0 Å². The highest BCUT2D eigenvalue weighted by Gasteiger charge is 2.35. The average Bonchev–Trinajstić information content (AvgIpc) is 3.13. The van der Waals surface area contributed by atoms with Gasteiger partial charge >= 0.3 is 0 Å². The number of nitrogens with zero attached hydrogens (tertiary/aromatic N) is 2. The molecule has 0 saturated carbocycles. The van der Waals surface area contributed by atoms with Crippen LogP contribution in [0.1, 0.15) is 47.9 Å². The van der Waals surface area contributed by atoms with Gasteiger partial charge in [0.15, 0.2) is 9.84 Å². The molecule has 0 radical (unpaired) electrons. The first-order chi connectivity index (χ1) is 13.2. The van der Waals surface area contributed by atoms with E-state index in [9.17, 15) is 13.2 Å². The lowest BCUT2D eigenvalue weighted by atomic mass is 10.1. The van der Waals surface area contributed by atoms with Crippen LogP contribution in [0, 0.1) is 13.8 Å². The Morgan fingerprint density at radius 3 is 2.64 bits per heavy atom. The number of sulfone groups is 1. The van der Waals surface area contributed by atoms with Crippen LogP contribution < -0.4 is 0 Å².